The first-order chi connectivity index (χ1) is 17.5. The van der Waals surface area contributed by atoms with Gasteiger partial charge in [0.1, 0.15) is 11.9 Å². The number of hydrogen-bond acceptors (Lipinski definition) is 8. The minimum atomic E-state index is -0.413. The third-order valence-electron chi connectivity index (χ3n) is 5.63. The highest BCUT2D eigenvalue weighted by Crippen LogP contribution is 2.44. The van der Waals surface area contributed by atoms with Crippen molar-refractivity contribution in [1.29, 1.82) is 0 Å². The fraction of sp³-hybridized carbons (Fsp3) is 0.240. The molecule has 0 radical (unpaired) electrons. The van der Waals surface area contributed by atoms with Crippen molar-refractivity contribution in [2.24, 2.45) is 0 Å². The van der Waals surface area contributed by atoms with Gasteiger partial charge in [-0.25, -0.2) is 4.98 Å². The summed E-state index contributed by atoms with van der Waals surface area (Å²) in [6.45, 7) is 1.80. The zero-order valence-electron chi connectivity index (χ0n) is 21.0. The highest BCUT2D eigenvalue weighted by Gasteiger charge is 2.22. The van der Waals surface area contributed by atoms with Crippen LogP contribution >= 0.6 is 0 Å². The standard InChI is InChI=1S/C25H27N5O6.ClH/c1-14(29-22-12-26-13-27-22)25(31)30-18-8-15(6-7-19(18)32-2)17-11-28-36-23(17)16-9-20(33-3)24(35-5)21(10-16)34-4;/h6-14,29H,1-5H3,(H,26,27)(H,30,31);1H. The Hall–Kier alpha value is -4.22. The van der Waals surface area contributed by atoms with Gasteiger partial charge >= 0.3 is 0 Å². The van der Waals surface area contributed by atoms with E-state index in [1.165, 1.54) is 0 Å². The van der Waals surface area contributed by atoms with Crippen LogP contribution in [0.3, 0.4) is 0 Å². The molecule has 0 saturated carbocycles. The van der Waals surface area contributed by atoms with Gasteiger partial charge in [0.15, 0.2) is 23.3 Å². The number of ether oxygens (including phenoxy) is 4. The number of amides is 1. The zero-order valence-corrected chi connectivity index (χ0v) is 21.8. The summed E-state index contributed by atoms with van der Waals surface area (Å²) < 4.78 is 27.5. The van der Waals surface area contributed by atoms with Gasteiger partial charge in [-0.1, -0.05) is 11.2 Å². The number of imidazole rings is 1. The summed E-state index contributed by atoms with van der Waals surface area (Å²) in [5.41, 5.74) is 2.67. The van der Waals surface area contributed by atoms with E-state index in [0.29, 0.717) is 45.6 Å². The number of hydrogen-bond donors (Lipinski definition) is 3. The maximum Gasteiger partial charge on any atom is 0.282 e. The summed E-state index contributed by atoms with van der Waals surface area (Å²) in [5, 5.41) is 8.75. The number of carbonyl (C=O) groups excluding carboxylic acids is 1. The minimum absolute atomic E-state index is 0. The van der Waals surface area contributed by atoms with Crippen LogP contribution < -0.4 is 42.0 Å². The number of nitrogens with one attached hydrogen (secondary N) is 2. The number of benzene rings is 2. The molecule has 4 rings (SSSR count). The van der Waals surface area contributed by atoms with Crippen LogP contribution in [0.1, 0.15) is 6.92 Å². The van der Waals surface area contributed by atoms with Crippen LogP contribution in [0.5, 0.6) is 23.0 Å². The predicted octanol–water partition coefficient (Wildman–Crippen LogP) is -0.00780. The lowest BCUT2D eigenvalue weighted by Crippen LogP contribution is -3.00. The lowest BCUT2D eigenvalue weighted by molar-refractivity contribution is -0.595. The van der Waals surface area contributed by atoms with Gasteiger partial charge in [0.25, 0.3) is 5.91 Å². The molecule has 1 amide bonds. The molecule has 12 heteroatoms. The Morgan fingerprint density at radius 3 is 2.27 bits per heavy atom. The summed E-state index contributed by atoms with van der Waals surface area (Å²) in [7, 11) is 6.18. The number of quaternary nitrogens is 1. The van der Waals surface area contributed by atoms with E-state index >= 15 is 0 Å². The van der Waals surface area contributed by atoms with Gasteiger partial charge in [-0.05, 0) is 36.8 Å². The molecule has 0 fully saturated rings. The van der Waals surface area contributed by atoms with Crippen molar-refractivity contribution < 1.29 is 46.0 Å². The number of aromatic amines is 1. The number of rotatable bonds is 10. The Morgan fingerprint density at radius 2 is 1.68 bits per heavy atom. The third kappa shape index (κ3) is 5.79. The van der Waals surface area contributed by atoms with Crippen molar-refractivity contribution in [1.82, 2.24) is 15.1 Å². The van der Waals surface area contributed by atoms with Gasteiger partial charge in [-0.3, -0.25) is 10.1 Å². The van der Waals surface area contributed by atoms with Crippen molar-refractivity contribution in [2.75, 3.05) is 33.8 Å². The molecule has 11 nitrogen and oxygen atoms in total. The molecule has 0 aliphatic rings. The van der Waals surface area contributed by atoms with Gasteiger partial charge < -0.3 is 46.2 Å². The van der Waals surface area contributed by atoms with E-state index in [4.69, 9.17) is 23.5 Å². The monoisotopic (exact) mass is 529 g/mol. The summed E-state index contributed by atoms with van der Waals surface area (Å²) >= 11 is 0. The van der Waals surface area contributed by atoms with Crippen LogP contribution in [0.25, 0.3) is 22.5 Å². The van der Waals surface area contributed by atoms with Gasteiger partial charge in [0.05, 0.1) is 46.7 Å². The van der Waals surface area contributed by atoms with Crippen molar-refractivity contribution in [3.63, 3.8) is 0 Å². The van der Waals surface area contributed by atoms with E-state index in [0.717, 1.165) is 11.4 Å². The van der Waals surface area contributed by atoms with E-state index in [2.05, 4.69) is 20.4 Å². The molecular weight excluding hydrogens is 502 g/mol. The number of anilines is 1. The van der Waals surface area contributed by atoms with Crippen LogP contribution in [0, 0.1) is 0 Å². The molecule has 2 aromatic carbocycles. The Morgan fingerprint density at radius 1 is 0.973 bits per heavy atom. The molecule has 0 spiro atoms. The first kappa shape index (κ1) is 27.4. The highest BCUT2D eigenvalue weighted by atomic mass is 35.5. The molecule has 1 atom stereocenters. The van der Waals surface area contributed by atoms with Crippen molar-refractivity contribution >= 4 is 17.4 Å². The van der Waals surface area contributed by atoms with E-state index in [-0.39, 0.29) is 18.3 Å². The molecule has 0 bridgehead atoms. The van der Waals surface area contributed by atoms with E-state index in [1.807, 2.05) is 12.1 Å². The molecule has 4 N–H and O–H groups in total. The van der Waals surface area contributed by atoms with Gasteiger partial charge in [0.2, 0.25) is 11.6 Å². The van der Waals surface area contributed by atoms with Crippen LogP contribution in [-0.4, -0.2) is 55.5 Å². The average Bonchev–Trinajstić information content (AvgIpc) is 3.60. The van der Waals surface area contributed by atoms with Gasteiger partial charge in [-0.15, -0.1) is 0 Å². The zero-order chi connectivity index (χ0) is 25.7. The quantitative estimate of drug-likeness (QED) is 0.261. The Bertz CT molecular complexity index is 1320. The fourth-order valence-corrected chi connectivity index (χ4v) is 3.79. The first-order valence-electron chi connectivity index (χ1n) is 11.1. The molecule has 2 aromatic heterocycles. The number of nitrogens with zero attached hydrogens (tertiary/aromatic N) is 2. The maximum atomic E-state index is 12.9. The number of nitrogens with two attached hydrogens (primary N) is 1. The summed E-state index contributed by atoms with van der Waals surface area (Å²) in [5.74, 6) is 3.02. The smallest absolute Gasteiger partial charge is 0.282 e. The van der Waals surface area contributed by atoms with Crippen molar-refractivity contribution in [2.45, 2.75) is 13.0 Å². The molecule has 196 valence electrons. The lowest BCUT2D eigenvalue weighted by atomic mass is 10.0. The topological polar surface area (TPSA) is 137 Å². The number of aromatic nitrogens is 3. The minimum Gasteiger partial charge on any atom is -1.00 e. The van der Waals surface area contributed by atoms with E-state index < -0.39 is 6.04 Å². The Balaban J connectivity index is 0.00000380. The van der Waals surface area contributed by atoms with E-state index in [1.54, 1.807) is 77.6 Å². The van der Waals surface area contributed by atoms with Crippen molar-refractivity contribution in [3.8, 4) is 45.4 Å². The third-order valence-corrected chi connectivity index (χ3v) is 5.63. The second-order valence-electron chi connectivity index (χ2n) is 7.85. The maximum absolute atomic E-state index is 12.9. The molecule has 0 saturated heterocycles. The second kappa shape index (κ2) is 12.2. The highest BCUT2D eigenvalue weighted by molar-refractivity contribution is 5.96. The van der Waals surface area contributed by atoms with Gasteiger partial charge in [-0.2, -0.15) is 0 Å². The van der Waals surface area contributed by atoms with Crippen LogP contribution in [-0.2, 0) is 4.79 Å². The molecule has 0 aliphatic heterocycles. The first-order valence-corrected chi connectivity index (χ1v) is 11.1. The van der Waals surface area contributed by atoms with E-state index in [9.17, 15) is 4.79 Å². The second-order valence-corrected chi connectivity index (χ2v) is 7.85. The number of H-pyrrole nitrogens is 1. The predicted molar refractivity (Wildman–Crippen MR) is 132 cm³/mol. The fourth-order valence-electron chi connectivity index (χ4n) is 3.79. The summed E-state index contributed by atoms with van der Waals surface area (Å²) in [6, 6.07) is 8.61. The van der Waals surface area contributed by atoms with Crippen molar-refractivity contribution in [3.05, 3.63) is 49.1 Å². The van der Waals surface area contributed by atoms with Gasteiger partial charge in [0, 0.05) is 11.1 Å². The molecule has 37 heavy (non-hydrogen) atoms. The Kier molecular flexibility index (Phi) is 8.99. The molecule has 2 heterocycles. The van der Waals surface area contributed by atoms with Crippen LogP contribution in [0.4, 0.5) is 11.5 Å². The number of carbonyl (C=O) groups is 1. The number of halogens is 1. The molecule has 1 unspecified atom stereocenters. The molecular formula is C25H28ClN5O6. The largest absolute Gasteiger partial charge is 1.00 e. The lowest BCUT2D eigenvalue weighted by Gasteiger charge is -2.15. The van der Waals surface area contributed by atoms with Crippen LogP contribution in [0.15, 0.2) is 53.6 Å². The number of methoxy groups -OCH3 is 4. The molecule has 4 aromatic rings. The normalized spacial score (nSPS) is 11.3. The summed E-state index contributed by atoms with van der Waals surface area (Å²) in [6.07, 6.45) is 4.83. The SMILES string of the molecule is COc1ccc(-c2cnoc2-c2cc(OC)c(OC)c(OC)c2)cc1NC(=O)C(C)[NH2+]c1cnc[nH]1.[Cl-]. The molecule has 0 aliphatic carbocycles. The van der Waals surface area contributed by atoms with Crippen LogP contribution in [0.2, 0.25) is 0 Å². The Labute approximate surface area is 219 Å². The average molecular weight is 530 g/mol. The summed E-state index contributed by atoms with van der Waals surface area (Å²) in [4.78, 5) is 19.8.